The van der Waals surface area contributed by atoms with E-state index >= 15 is 0 Å². The molecule has 2 aliphatic heterocycles. The molecule has 4 aliphatic carbocycles. The fourth-order valence-electron chi connectivity index (χ4n) is 12.9. The Morgan fingerprint density at radius 2 is 1.81 bits per heavy atom. The molecule has 53 heavy (non-hydrogen) atoms. The van der Waals surface area contributed by atoms with Gasteiger partial charge in [0.15, 0.2) is 5.78 Å². The van der Waals surface area contributed by atoms with Gasteiger partial charge in [0.25, 0.3) is 0 Å². The van der Waals surface area contributed by atoms with E-state index in [1.165, 1.54) is 11.3 Å². The van der Waals surface area contributed by atoms with Crippen LogP contribution in [0.15, 0.2) is 60.8 Å². The van der Waals surface area contributed by atoms with E-state index in [1.54, 1.807) is 6.08 Å². The molecule has 0 spiro atoms. The number of nitrogens with zero attached hydrogens (tertiary/aromatic N) is 1. The van der Waals surface area contributed by atoms with E-state index in [9.17, 15) is 19.8 Å². The zero-order valence-corrected chi connectivity index (χ0v) is 33.2. The van der Waals surface area contributed by atoms with Crippen molar-refractivity contribution in [3.8, 4) is 0 Å². The maximum atomic E-state index is 14.9. The van der Waals surface area contributed by atoms with Crippen LogP contribution in [0.2, 0.25) is 0 Å². The van der Waals surface area contributed by atoms with Crippen LogP contribution in [0.25, 0.3) is 16.5 Å². The number of hydrogen-bond donors (Lipinski definition) is 3. The molecule has 8 rings (SSSR count). The lowest BCUT2D eigenvalue weighted by Crippen LogP contribution is -2.62. The lowest BCUT2D eigenvalue weighted by Gasteiger charge is -2.64. The number of amides is 1. The third-order valence-corrected chi connectivity index (χ3v) is 15.2. The normalized spacial score (nSPS) is 37.5. The molecule has 7 nitrogen and oxygen atoms in total. The first-order chi connectivity index (χ1) is 24.7. The van der Waals surface area contributed by atoms with E-state index in [0.717, 1.165) is 58.9 Å². The Bertz CT molecular complexity index is 2110. The molecule has 7 heteroatoms. The van der Waals surface area contributed by atoms with Crippen molar-refractivity contribution in [3.05, 3.63) is 88.7 Å². The molecule has 6 aliphatic rings. The smallest absolute Gasteiger partial charge is 0.247 e. The average Bonchev–Trinajstić information content (AvgIpc) is 3.74. The van der Waals surface area contributed by atoms with Gasteiger partial charge in [-0.1, -0.05) is 57.2 Å². The highest BCUT2D eigenvalue weighted by atomic mass is 16.5. The number of carbonyl (C=O) groups excluding carboxylic acids is 2. The molecule has 1 aromatic heterocycles. The molecule has 3 heterocycles. The van der Waals surface area contributed by atoms with Crippen LogP contribution in [-0.2, 0) is 21.4 Å². The van der Waals surface area contributed by atoms with Gasteiger partial charge in [-0.15, -0.1) is 6.58 Å². The molecule has 0 bridgehead atoms. The summed E-state index contributed by atoms with van der Waals surface area (Å²) in [4.78, 5) is 27.5. The van der Waals surface area contributed by atoms with Gasteiger partial charge in [0.2, 0.25) is 5.91 Å². The number of fused-ring (bicyclic) bond motifs is 11. The molecule has 1 aromatic carbocycles. The summed E-state index contributed by atoms with van der Waals surface area (Å²) in [5.74, 6) is 0.183. The Balaban J connectivity index is 1.30. The van der Waals surface area contributed by atoms with Crippen LogP contribution in [0.4, 0.5) is 0 Å². The standard InChI is InChI=1S/C46H58N2O5/c1-12-20-47-41(52)25(4)14-13-18-44(9)31-16-15-26-21-29-28-22-27-30-23-42(5,6)53-43(7,8)35(30)38(50)33(27)34-37(28)48(36(24(2)3)39(34)51)40(29)46(26,11)45(31,10)19-17-32(44)49/h12-14,18,22-23,26,31-32,35-36,38,49-50H,1-2,15-17,19-21H2,3-11H3,(H,47,52)/b18-13+,25-14+. The second-order valence-corrected chi connectivity index (χ2v) is 19.0. The Labute approximate surface area is 314 Å². The van der Waals surface area contributed by atoms with E-state index in [-0.39, 0.29) is 34.4 Å². The molecule has 0 radical (unpaired) electrons. The minimum absolute atomic E-state index is 0.0316. The van der Waals surface area contributed by atoms with Gasteiger partial charge in [-0.25, -0.2) is 0 Å². The van der Waals surface area contributed by atoms with Crippen molar-refractivity contribution in [1.29, 1.82) is 0 Å². The highest BCUT2D eigenvalue weighted by Crippen LogP contribution is 2.71. The number of ketones is 1. The van der Waals surface area contributed by atoms with Gasteiger partial charge in [-0.05, 0) is 120 Å². The van der Waals surface area contributed by atoms with Crippen LogP contribution in [0.5, 0.6) is 0 Å². The van der Waals surface area contributed by atoms with Crippen molar-refractivity contribution in [2.75, 3.05) is 6.54 Å². The Kier molecular flexibility index (Phi) is 7.91. The van der Waals surface area contributed by atoms with Crippen molar-refractivity contribution in [3.63, 3.8) is 0 Å². The van der Waals surface area contributed by atoms with Gasteiger partial charge in [0, 0.05) is 45.5 Å². The highest BCUT2D eigenvalue weighted by molar-refractivity contribution is 6.18. The number of benzene rings is 1. The first kappa shape index (κ1) is 36.5. The Hall–Kier alpha value is -3.52. The number of aliphatic hydroxyl groups is 2. The number of nitrogens with one attached hydrogen (secondary N) is 1. The number of hydrogen-bond acceptors (Lipinski definition) is 5. The number of carbonyl (C=O) groups is 2. The Morgan fingerprint density at radius 3 is 2.49 bits per heavy atom. The van der Waals surface area contributed by atoms with Gasteiger partial charge in [-0.3, -0.25) is 9.59 Å². The van der Waals surface area contributed by atoms with Crippen molar-refractivity contribution in [1.82, 2.24) is 9.88 Å². The van der Waals surface area contributed by atoms with Gasteiger partial charge in [0.05, 0.1) is 34.5 Å². The molecule has 0 saturated heterocycles. The van der Waals surface area contributed by atoms with E-state index in [2.05, 4.69) is 89.7 Å². The topological polar surface area (TPSA) is 101 Å². The number of aliphatic hydroxyl groups excluding tert-OH is 2. The van der Waals surface area contributed by atoms with Gasteiger partial charge >= 0.3 is 0 Å². The predicted molar refractivity (Wildman–Crippen MR) is 211 cm³/mol. The van der Waals surface area contributed by atoms with Crippen LogP contribution in [0.1, 0.15) is 133 Å². The van der Waals surface area contributed by atoms with E-state index in [1.807, 2.05) is 26.0 Å². The largest absolute Gasteiger partial charge is 0.392 e. The molecule has 9 unspecified atom stereocenters. The molecular formula is C46H58N2O5. The molecule has 2 aromatic rings. The van der Waals surface area contributed by atoms with Gasteiger partial charge in [-0.2, -0.15) is 0 Å². The zero-order valence-electron chi connectivity index (χ0n) is 33.2. The van der Waals surface area contributed by atoms with Crippen LogP contribution < -0.4 is 5.32 Å². The second-order valence-electron chi connectivity index (χ2n) is 19.0. The fourth-order valence-corrected chi connectivity index (χ4v) is 12.9. The number of rotatable bonds is 6. The lowest BCUT2D eigenvalue weighted by molar-refractivity contribution is -0.144. The zero-order chi connectivity index (χ0) is 38.4. The molecule has 9 atom stereocenters. The first-order valence-electron chi connectivity index (χ1n) is 19.7. The average molecular weight is 719 g/mol. The second kappa shape index (κ2) is 11.5. The van der Waals surface area contributed by atoms with Crippen molar-refractivity contribution < 1.29 is 24.5 Å². The number of Topliss-reactive ketones (excluding diaryl/α,β-unsaturated/α-hetero) is 1. The van der Waals surface area contributed by atoms with Gasteiger partial charge in [0.1, 0.15) is 6.04 Å². The molecule has 2 fully saturated rings. The molecular weight excluding hydrogens is 661 g/mol. The van der Waals surface area contributed by atoms with Crippen molar-refractivity contribution >= 4 is 28.2 Å². The van der Waals surface area contributed by atoms with Crippen molar-refractivity contribution in [2.24, 2.45) is 28.6 Å². The number of allylic oxidation sites excluding steroid dienone is 3. The summed E-state index contributed by atoms with van der Waals surface area (Å²) in [5, 5.41) is 28.0. The third-order valence-electron chi connectivity index (χ3n) is 15.2. The minimum atomic E-state index is -0.856. The number of aromatic nitrogens is 1. The summed E-state index contributed by atoms with van der Waals surface area (Å²) in [7, 11) is 0. The highest BCUT2D eigenvalue weighted by Gasteiger charge is 2.67. The van der Waals surface area contributed by atoms with E-state index < -0.39 is 34.9 Å². The monoisotopic (exact) mass is 718 g/mol. The summed E-state index contributed by atoms with van der Waals surface area (Å²) >= 11 is 0. The summed E-state index contributed by atoms with van der Waals surface area (Å²) in [5.41, 5.74) is 6.35. The SMILES string of the molecule is C=CCNC(=O)/C(C)=C/C=C/C1(C)C(O)CCC2(C)C1CCC1Cc3c(n4c5c(c6c(cc35)C3=CC(C)(C)OC(C)(C)C3C6O)C(=O)C4C(=C)C)C12C. The van der Waals surface area contributed by atoms with Crippen molar-refractivity contribution in [2.45, 2.75) is 129 Å². The summed E-state index contributed by atoms with van der Waals surface area (Å²) in [6.45, 7) is 27.7. The first-order valence-corrected chi connectivity index (χ1v) is 19.7. The predicted octanol–water partition coefficient (Wildman–Crippen LogP) is 8.40. The molecule has 1 amide bonds. The summed E-state index contributed by atoms with van der Waals surface area (Å²) < 4.78 is 8.90. The van der Waals surface area contributed by atoms with Gasteiger partial charge < -0.3 is 24.8 Å². The quantitative estimate of drug-likeness (QED) is 0.158. The molecule has 282 valence electrons. The molecule has 2 saturated carbocycles. The lowest BCUT2D eigenvalue weighted by atomic mass is 9.40. The van der Waals surface area contributed by atoms with Crippen LogP contribution >= 0.6 is 0 Å². The molecule has 3 N–H and O–H groups in total. The summed E-state index contributed by atoms with van der Waals surface area (Å²) in [6, 6.07) is 1.77. The van der Waals surface area contributed by atoms with Crippen LogP contribution in [-0.4, -0.2) is 50.3 Å². The minimum Gasteiger partial charge on any atom is -0.392 e. The maximum absolute atomic E-state index is 14.9. The summed E-state index contributed by atoms with van der Waals surface area (Å²) in [6.07, 6.45) is 12.9. The van der Waals surface area contributed by atoms with Crippen LogP contribution in [0.3, 0.4) is 0 Å². The number of ether oxygens (including phenoxy) is 1. The fraction of sp³-hybridized carbons (Fsp3) is 0.565. The van der Waals surface area contributed by atoms with E-state index in [0.29, 0.717) is 30.0 Å². The third kappa shape index (κ3) is 4.63. The van der Waals surface area contributed by atoms with E-state index in [4.69, 9.17) is 4.74 Å². The Morgan fingerprint density at radius 1 is 1.09 bits per heavy atom. The van der Waals surface area contributed by atoms with Crippen LogP contribution in [0, 0.1) is 28.6 Å². The maximum Gasteiger partial charge on any atom is 0.247 e.